The van der Waals surface area contributed by atoms with E-state index in [9.17, 15) is 14.7 Å². The third-order valence-corrected chi connectivity index (χ3v) is 6.43. The number of hydrogen-bond donors (Lipinski definition) is 1. The number of aliphatic hydroxyl groups excluding tert-OH is 1. The highest BCUT2D eigenvalue weighted by atomic mass is 35.5. The molecule has 2 aliphatic rings. The van der Waals surface area contributed by atoms with Crippen LogP contribution in [0.1, 0.15) is 22.7 Å². The molecule has 1 saturated heterocycles. The van der Waals surface area contributed by atoms with E-state index in [1.807, 2.05) is 0 Å². The molecule has 2 aliphatic heterocycles. The average molecular weight is 497 g/mol. The van der Waals surface area contributed by atoms with Crippen LogP contribution in [0.25, 0.3) is 5.76 Å². The first-order valence-electron chi connectivity index (χ1n) is 10.5. The molecule has 1 atom stereocenters. The van der Waals surface area contributed by atoms with E-state index >= 15 is 0 Å². The largest absolute Gasteiger partial charge is 0.507 e. The van der Waals surface area contributed by atoms with Crippen LogP contribution in [0.3, 0.4) is 0 Å². The molecule has 0 radical (unpaired) electrons. The molecule has 0 saturated carbocycles. The number of benzene rings is 2. The molecular weight excluding hydrogens is 479 g/mol. The molecule has 3 aromatic rings. The van der Waals surface area contributed by atoms with Gasteiger partial charge in [0, 0.05) is 24.5 Å². The van der Waals surface area contributed by atoms with Crippen LogP contribution in [0.5, 0.6) is 11.5 Å². The van der Waals surface area contributed by atoms with E-state index in [0.717, 1.165) is 5.56 Å². The van der Waals surface area contributed by atoms with E-state index < -0.39 is 17.7 Å². The van der Waals surface area contributed by atoms with Crippen LogP contribution in [0.15, 0.2) is 66.5 Å². The monoisotopic (exact) mass is 496 g/mol. The fourth-order valence-electron chi connectivity index (χ4n) is 4.11. The van der Waals surface area contributed by atoms with Crippen molar-refractivity contribution in [3.63, 3.8) is 0 Å². The van der Waals surface area contributed by atoms with Crippen LogP contribution >= 0.6 is 23.2 Å². The van der Waals surface area contributed by atoms with Gasteiger partial charge in [-0.3, -0.25) is 14.6 Å². The number of hydrogen-bond acceptors (Lipinski definition) is 6. The summed E-state index contributed by atoms with van der Waals surface area (Å²) in [5.41, 5.74) is 1.54. The maximum absolute atomic E-state index is 13.2. The Morgan fingerprint density at radius 3 is 2.56 bits per heavy atom. The van der Waals surface area contributed by atoms with Gasteiger partial charge in [0.1, 0.15) is 19.0 Å². The van der Waals surface area contributed by atoms with Crippen LogP contribution < -0.4 is 9.47 Å². The lowest BCUT2D eigenvalue weighted by Gasteiger charge is -2.26. The number of nitrogens with zero attached hydrogens (tertiary/aromatic N) is 2. The van der Waals surface area contributed by atoms with Crippen molar-refractivity contribution in [3.8, 4) is 11.5 Å². The summed E-state index contributed by atoms with van der Waals surface area (Å²) >= 11 is 12.4. The minimum Gasteiger partial charge on any atom is -0.507 e. The zero-order valence-electron chi connectivity index (χ0n) is 17.7. The van der Waals surface area contributed by atoms with Crippen molar-refractivity contribution < 1.29 is 24.2 Å². The van der Waals surface area contributed by atoms with Gasteiger partial charge in [0.15, 0.2) is 11.5 Å². The third kappa shape index (κ3) is 3.97. The van der Waals surface area contributed by atoms with Crippen molar-refractivity contribution in [1.82, 2.24) is 9.88 Å². The van der Waals surface area contributed by atoms with Crippen molar-refractivity contribution in [2.75, 3.05) is 13.2 Å². The Labute approximate surface area is 205 Å². The minimum atomic E-state index is -0.886. The predicted molar refractivity (Wildman–Crippen MR) is 126 cm³/mol. The summed E-state index contributed by atoms with van der Waals surface area (Å²) in [6, 6.07) is 12.4. The fraction of sp³-hybridized carbons (Fsp3) is 0.160. The quantitative estimate of drug-likeness (QED) is 0.317. The number of likely N-dealkylation sites (tertiary alicyclic amines) is 1. The highest BCUT2D eigenvalue weighted by molar-refractivity contribution is 6.46. The van der Waals surface area contributed by atoms with Crippen LogP contribution in [0.4, 0.5) is 0 Å². The summed E-state index contributed by atoms with van der Waals surface area (Å²) in [6.45, 7) is 0.909. The summed E-state index contributed by atoms with van der Waals surface area (Å²) in [7, 11) is 0. The van der Waals surface area contributed by atoms with Crippen LogP contribution in [-0.2, 0) is 16.1 Å². The summed E-state index contributed by atoms with van der Waals surface area (Å²) in [5.74, 6) is -0.863. The van der Waals surface area contributed by atoms with Gasteiger partial charge in [-0.2, -0.15) is 0 Å². The number of rotatable bonds is 4. The number of aromatic nitrogens is 1. The molecule has 172 valence electrons. The average Bonchev–Trinajstić information content (AvgIpc) is 3.10. The van der Waals surface area contributed by atoms with Crippen molar-refractivity contribution in [2.24, 2.45) is 0 Å². The van der Waals surface area contributed by atoms with E-state index in [1.165, 1.54) is 4.90 Å². The molecule has 9 heteroatoms. The van der Waals surface area contributed by atoms with Gasteiger partial charge in [-0.15, -0.1) is 0 Å². The minimum absolute atomic E-state index is 0.0519. The van der Waals surface area contributed by atoms with Crippen molar-refractivity contribution in [1.29, 1.82) is 0 Å². The lowest BCUT2D eigenvalue weighted by molar-refractivity contribution is -0.140. The number of ether oxygens (including phenoxy) is 2. The van der Waals surface area contributed by atoms with Crippen LogP contribution in [0.2, 0.25) is 10.0 Å². The first-order chi connectivity index (χ1) is 16.4. The van der Waals surface area contributed by atoms with Gasteiger partial charge in [-0.05, 0) is 47.5 Å². The number of pyridine rings is 1. The number of fused-ring (bicyclic) bond motifs is 1. The standard InChI is InChI=1S/C25H18Cl2N2O5/c26-17-5-3-15(10-18(17)27)22-21(23(30)16-4-6-19-20(11-16)34-9-8-33-19)24(31)25(32)29(22)13-14-2-1-7-28-12-14/h1-7,10-12,22,30H,8-9,13H2/b23-21+/t22-/m0/s1. The first kappa shape index (κ1) is 22.3. The first-order valence-corrected chi connectivity index (χ1v) is 11.2. The van der Waals surface area contributed by atoms with Gasteiger partial charge in [0.2, 0.25) is 0 Å². The topological polar surface area (TPSA) is 89.0 Å². The highest BCUT2D eigenvalue weighted by Gasteiger charge is 2.46. The Morgan fingerprint density at radius 2 is 1.82 bits per heavy atom. The summed E-state index contributed by atoms with van der Waals surface area (Å²) < 4.78 is 11.1. The fourth-order valence-corrected chi connectivity index (χ4v) is 4.41. The van der Waals surface area contributed by atoms with Gasteiger partial charge in [0.05, 0.1) is 21.7 Å². The second-order valence-electron chi connectivity index (χ2n) is 7.82. The Balaban J connectivity index is 1.65. The lowest BCUT2D eigenvalue weighted by Crippen LogP contribution is -2.29. The molecule has 3 heterocycles. The van der Waals surface area contributed by atoms with Gasteiger partial charge >= 0.3 is 0 Å². The number of halogens is 2. The molecule has 0 bridgehead atoms. The maximum Gasteiger partial charge on any atom is 0.295 e. The van der Waals surface area contributed by atoms with Gasteiger partial charge in [-0.1, -0.05) is 35.3 Å². The van der Waals surface area contributed by atoms with Crippen LogP contribution in [-0.4, -0.2) is 39.9 Å². The number of carbonyl (C=O) groups is 2. The van der Waals surface area contributed by atoms with E-state index in [2.05, 4.69) is 4.98 Å². The van der Waals surface area contributed by atoms with E-state index in [0.29, 0.717) is 40.9 Å². The highest BCUT2D eigenvalue weighted by Crippen LogP contribution is 2.42. The molecule has 1 fully saturated rings. The number of ketones is 1. The Hall–Kier alpha value is -3.55. The maximum atomic E-state index is 13.2. The molecular formula is C25H18Cl2N2O5. The Bertz CT molecular complexity index is 1330. The predicted octanol–water partition coefficient (Wildman–Crippen LogP) is 4.78. The smallest absolute Gasteiger partial charge is 0.295 e. The Morgan fingerprint density at radius 1 is 1.03 bits per heavy atom. The zero-order valence-corrected chi connectivity index (χ0v) is 19.2. The normalized spacial score (nSPS) is 18.9. The number of amides is 1. The SMILES string of the molecule is O=C1C(=O)N(Cc2cccnc2)[C@@H](c2ccc(Cl)c(Cl)c2)/C1=C(\O)c1ccc2c(c1)OCCO2. The zero-order chi connectivity index (χ0) is 23.8. The molecule has 5 rings (SSSR count). The van der Waals surface area contributed by atoms with Gasteiger partial charge in [0.25, 0.3) is 11.7 Å². The van der Waals surface area contributed by atoms with Crippen molar-refractivity contribution in [3.05, 3.63) is 93.2 Å². The molecule has 0 unspecified atom stereocenters. The molecule has 2 aromatic carbocycles. The molecule has 1 amide bonds. The van der Waals surface area contributed by atoms with Gasteiger partial charge < -0.3 is 19.5 Å². The van der Waals surface area contributed by atoms with E-state index in [-0.39, 0.29) is 22.9 Å². The van der Waals surface area contributed by atoms with Crippen molar-refractivity contribution >= 4 is 40.7 Å². The number of Topliss-reactive ketones (excluding diaryl/α,β-unsaturated/α-hetero) is 1. The number of carbonyl (C=O) groups excluding carboxylic acids is 2. The second-order valence-corrected chi connectivity index (χ2v) is 8.63. The molecule has 0 spiro atoms. The van der Waals surface area contributed by atoms with Gasteiger partial charge in [-0.25, -0.2) is 0 Å². The molecule has 7 nitrogen and oxygen atoms in total. The second kappa shape index (κ2) is 9.00. The molecule has 34 heavy (non-hydrogen) atoms. The lowest BCUT2D eigenvalue weighted by atomic mass is 9.95. The summed E-state index contributed by atoms with van der Waals surface area (Å²) in [6.07, 6.45) is 3.24. The molecule has 1 N–H and O–H groups in total. The van der Waals surface area contributed by atoms with Crippen LogP contribution in [0, 0.1) is 0 Å². The summed E-state index contributed by atoms with van der Waals surface area (Å²) in [4.78, 5) is 31.8. The molecule has 0 aliphatic carbocycles. The number of aliphatic hydroxyl groups is 1. The van der Waals surface area contributed by atoms with E-state index in [4.69, 9.17) is 32.7 Å². The Kier molecular flexibility index (Phi) is 5.89. The summed E-state index contributed by atoms with van der Waals surface area (Å²) in [5, 5.41) is 11.9. The molecule has 1 aromatic heterocycles. The third-order valence-electron chi connectivity index (χ3n) is 5.69. The van der Waals surface area contributed by atoms with E-state index in [1.54, 1.807) is 60.9 Å². The van der Waals surface area contributed by atoms with Crippen molar-refractivity contribution in [2.45, 2.75) is 12.6 Å².